The highest BCUT2D eigenvalue weighted by Crippen LogP contribution is 2.41. The molecule has 5 heteroatoms. The van der Waals surface area contributed by atoms with Gasteiger partial charge in [0, 0.05) is 19.0 Å². The van der Waals surface area contributed by atoms with Crippen molar-refractivity contribution in [2.24, 2.45) is 0 Å². The molecule has 4 rings (SSSR count). The molecule has 0 aliphatic heterocycles. The van der Waals surface area contributed by atoms with E-state index in [0.29, 0.717) is 18.4 Å². The molecule has 1 fully saturated rings. The topological polar surface area (TPSA) is 68.7 Å². The smallest absolute Gasteiger partial charge is 0.335 e. The Labute approximate surface area is 233 Å². The number of benzene rings is 2. The second kappa shape index (κ2) is 14.4. The molecule has 1 atom stereocenters. The van der Waals surface area contributed by atoms with Gasteiger partial charge in [-0.15, -0.1) is 0 Å². The van der Waals surface area contributed by atoms with Crippen molar-refractivity contribution in [2.75, 3.05) is 26.9 Å². The Hall–Kier alpha value is -3.02. The van der Waals surface area contributed by atoms with Crippen LogP contribution in [-0.2, 0) is 20.7 Å². The lowest BCUT2D eigenvalue weighted by Crippen LogP contribution is -2.19. The zero-order valence-corrected chi connectivity index (χ0v) is 23.5. The first-order valence-electron chi connectivity index (χ1n) is 14.5. The summed E-state index contributed by atoms with van der Waals surface area (Å²) in [6.07, 6.45) is 11.7. The molecule has 1 N–H and O–H groups in total. The van der Waals surface area contributed by atoms with Gasteiger partial charge in [-0.05, 0) is 83.9 Å². The van der Waals surface area contributed by atoms with Crippen LogP contribution in [0.1, 0.15) is 92.0 Å². The molecule has 0 radical (unpaired) electrons. The molecule has 0 spiro atoms. The first-order chi connectivity index (χ1) is 19.0. The number of hydrogen-bond donors (Lipinski definition) is 1. The zero-order valence-electron chi connectivity index (χ0n) is 23.5. The fourth-order valence-corrected chi connectivity index (χ4v) is 5.72. The summed E-state index contributed by atoms with van der Waals surface area (Å²) in [6, 6.07) is 18.2. The van der Waals surface area contributed by atoms with Crippen molar-refractivity contribution < 1.29 is 19.4 Å². The van der Waals surface area contributed by atoms with Gasteiger partial charge in [-0.25, -0.2) is 4.79 Å². The van der Waals surface area contributed by atoms with Crippen LogP contribution in [0.2, 0.25) is 0 Å². The van der Waals surface area contributed by atoms with Gasteiger partial charge >= 0.3 is 5.97 Å². The predicted molar refractivity (Wildman–Crippen MR) is 157 cm³/mol. The molecule has 2 aromatic carbocycles. The average molecular weight is 530 g/mol. The molecule has 3 aromatic rings. The number of ether oxygens (including phenoxy) is 2. The molecular weight excluding hydrogens is 486 g/mol. The van der Waals surface area contributed by atoms with Crippen LogP contribution in [0, 0.1) is 0 Å². The third-order valence-corrected chi connectivity index (χ3v) is 8.16. The van der Waals surface area contributed by atoms with Gasteiger partial charge in [-0.2, -0.15) is 0 Å². The number of rotatable bonds is 13. The molecule has 0 saturated heterocycles. The Morgan fingerprint density at radius 2 is 1.67 bits per heavy atom. The number of carbonyl (C=O) groups excluding carboxylic acids is 1. The first kappa shape index (κ1) is 29.0. The molecule has 1 aliphatic rings. The second-order valence-corrected chi connectivity index (χ2v) is 11.0. The maximum absolute atomic E-state index is 11.9. The van der Waals surface area contributed by atoms with Crippen molar-refractivity contribution in [1.82, 2.24) is 4.98 Å². The summed E-state index contributed by atoms with van der Waals surface area (Å²) >= 11 is 0. The van der Waals surface area contributed by atoms with E-state index in [2.05, 4.69) is 56.0 Å². The maximum Gasteiger partial charge on any atom is 0.335 e. The van der Waals surface area contributed by atoms with Crippen LogP contribution in [0.25, 0.3) is 10.8 Å². The van der Waals surface area contributed by atoms with Crippen LogP contribution in [-0.4, -0.2) is 43.0 Å². The molecule has 1 heterocycles. The van der Waals surface area contributed by atoms with Gasteiger partial charge in [0.1, 0.15) is 6.61 Å². The van der Waals surface area contributed by atoms with Gasteiger partial charge in [0.05, 0.1) is 24.7 Å². The fourth-order valence-electron chi connectivity index (χ4n) is 5.72. The molecule has 5 nitrogen and oxygen atoms in total. The highest BCUT2D eigenvalue weighted by Gasteiger charge is 2.25. The lowest BCUT2D eigenvalue weighted by molar-refractivity contribution is -0.140. The predicted octanol–water partition coefficient (Wildman–Crippen LogP) is 7.23. The highest BCUT2D eigenvalue weighted by molar-refractivity contribution is 5.88. The van der Waals surface area contributed by atoms with E-state index in [1.165, 1.54) is 66.0 Å². The number of nitrogens with zero attached hydrogens (tertiary/aromatic N) is 1. The van der Waals surface area contributed by atoms with Gasteiger partial charge in [-0.1, -0.05) is 68.8 Å². The van der Waals surface area contributed by atoms with Gasteiger partial charge in [0.15, 0.2) is 0 Å². The third-order valence-electron chi connectivity index (χ3n) is 8.16. The largest absolute Gasteiger partial charge is 0.461 e. The third kappa shape index (κ3) is 7.77. The van der Waals surface area contributed by atoms with E-state index in [9.17, 15) is 4.79 Å². The van der Waals surface area contributed by atoms with E-state index in [-0.39, 0.29) is 18.1 Å². The molecule has 1 saturated carbocycles. The second-order valence-electron chi connectivity index (χ2n) is 11.0. The number of aromatic nitrogens is 1. The van der Waals surface area contributed by atoms with Crippen molar-refractivity contribution in [1.29, 1.82) is 0 Å². The lowest BCUT2D eigenvalue weighted by atomic mass is 9.76. The number of aliphatic hydroxyl groups excluding tert-OH is 1. The zero-order chi connectivity index (χ0) is 27.6. The Morgan fingerprint density at radius 3 is 2.33 bits per heavy atom. The number of aryl methyl sites for hydroxylation is 1. The molecule has 0 amide bonds. The molecule has 0 bridgehead atoms. The average Bonchev–Trinajstić information content (AvgIpc) is 2.98. The van der Waals surface area contributed by atoms with Crippen LogP contribution in [0.5, 0.6) is 0 Å². The minimum absolute atomic E-state index is 0.0423. The summed E-state index contributed by atoms with van der Waals surface area (Å²) in [6.45, 7) is 5.88. The van der Waals surface area contributed by atoms with E-state index < -0.39 is 12.6 Å². The van der Waals surface area contributed by atoms with Crippen molar-refractivity contribution in [2.45, 2.75) is 76.0 Å². The minimum Gasteiger partial charge on any atom is -0.461 e. The summed E-state index contributed by atoms with van der Waals surface area (Å²) in [7, 11) is 1.62. The number of unbranched alkanes of at least 4 members (excludes halogenated alkanes) is 2. The van der Waals surface area contributed by atoms with Crippen LogP contribution in [0.3, 0.4) is 0 Å². The van der Waals surface area contributed by atoms with E-state index in [1.807, 2.05) is 12.3 Å². The highest BCUT2D eigenvalue weighted by atomic mass is 16.5. The lowest BCUT2D eigenvalue weighted by Gasteiger charge is -2.29. The SMILES string of the molecule is C=C(CO)C(=O)OCC(COC)c1ccc(C2CCC(c3ccc4cc(CCCCC)ccc4c3)CC2)cn1. The summed E-state index contributed by atoms with van der Waals surface area (Å²) in [5.74, 6) is 0.359. The van der Waals surface area contributed by atoms with Crippen molar-refractivity contribution >= 4 is 16.7 Å². The molecule has 39 heavy (non-hydrogen) atoms. The first-order valence-corrected chi connectivity index (χ1v) is 14.5. The molecule has 1 aromatic heterocycles. The van der Waals surface area contributed by atoms with Gasteiger partial charge in [-0.3, -0.25) is 4.98 Å². The van der Waals surface area contributed by atoms with E-state index in [4.69, 9.17) is 19.6 Å². The van der Waals surface area contributed by atoms with E-state index >= 15 is 0 Å². The number of carbonyl (C=O) groups is 1. The standard InChI is InChI=1S/C34H43NO4/c1-4-5-6-7-25-8-9-30-19-29(15-14-28(30)18-25)26-10-12-27(13-11-26)31-16-17-33(35-20-31)32(22-38-3)23-39-34(37)24(2)21-36/h8-9,14-20,26-27,32,36H,2,4-7,10-13,21-23H2,1,3H3. The van der Waals surface area contributed by atoms with Gasteiger partial charge in [0.2, 0.25) is 0 Å². The molecule has 1 unspecified atom stereocenters. The van der Waals surface area contributed by atoms with Crippen LogP contribution < -0.4 is 0 Å². The number of fused-ring (bicyclic) bond motifs is 1. The monoisotopic (exact) mass is 529 g/mol. The van der Waals surface area contributed by atoms with Gasteiger partial charge in [0.25, 0.3) is 0 Å². The molecule has 208 valence electrons. The van der Waals surface area contributed by atoms with Crippen molar-refractivity contribution in [3.05, 3.63) is 89.3 Å². The molecule has 1 aliphatic carbocycles. The van der Waals surface area contributed by atoms with Crippen LogP contribution >= 0.6 is 0 Å². The van der Waals surface area contributed by atoms with Crippen molar-refractivity contribution in [3.8, 4) is 0 Å². The Bertz CT molecular complexity index is 1230. The number of pyridine rings is 1. The maximum atomic E-state index is 11.9. The van der Waals surface area contributed by atoms with Crippen LogP contribution in [0.15, 0.2) is 66.9 Å². The number of esters is 1. The minimum atomic E-state index is -0.592. The Balaban J connectivity index is 1.33. The van der Waals surface area contributed by atoms with E-state index in [0.717, 1.165) is 18.5 Å². The van der Waals surface area contributed by atoms with E-state index in [1.54, 1.807) is 7.11 Å². The summed E-state index contributed by atoms with van der Waals surface area (Å²) in [5.41, 5.74) is 5.07. The number of methoxy groups -OCH3 is 1. The quantitative estimate of drug-likeness (QED) is 0.144. The van der Waals surface area contributed by atoms with Crippen molar-refractivity contribution in [3.63, 3.8) is 0 Å². The number of aliphatic hydroxyl groups is 1. The summed E-state index contributed by atoms with van der Waals surface area (Å²) in [4.78, 5) is 16.6. The summed E-state index contributed by atoms with van der Waals surface area (Å²) in [5, 5.41) is 11.8. The van der Waals surface area contributed by atoms with Crippen LogP contribution in [0.4, 0.5) is 0 Å². The fraction of sp³-hybridized carbons (Fsp3) is 0.471. The Kier molecular flexibility index (Phi) is 10.7. The normalized spacial score (nSPS) is 18.1. The van der Waals surface area contributed by atoms with Gasteiger partial charge < -0.3 is 14.6 Å². The Morgan fingerprint density at radius 1 is 0.974 bits per heavy atom. The molecular formula is C34H43NO4. The number of hydrogen-bond acceptors (Lipinski definition) is 5. The summed E-state index contributed by atoms with van der Waals surface area (Å²) < 4.78 is 10.6.